The van der Waals surface area contributed by atoms with Gasteiger partial charge in [0, 0.05) is 40.7 Å². The molecular weight excluding hydrogens is 304 g/mol. The van der Waals surface area contributed by atoms with Crippen molar-refractivity contribution in [2.45, 2.75) is 31.1 Å². The molecule has 5 heteroatoms. The second-order valence-corrected chi connectivity index (χ2v) is 8.21. The Morgan fingerprint density at radius 1 is 1.43 bits per heavy atom. The standard InChI is InChI=1S/C16H25ClN2OS/c1-16(2)7-8-19(9-10-21-16)13(11-18)15-12(17)5-4-6-14(15)20-3/h4-6,13H,7-11,18H2,1-3H3. The van der Waals surface area contributed by atoms with Crippen LogP contribution in [0.15, 0.2) is 18.2 Å². The van der Waals surface area contributed by atoms with Crippen LogP contribution in [0.25, 0.3) is 0 Å². The molecule has 0 aromatic heterocycles. The second kappa shape index (κ2) is 7.23. The Hall–Kier alpha value is -0.420. The predicted molar refractivity (Wildman–Crippen MR) is 92.5 cm³/mol. The van der Waals surface area contributed by atoms with Crippen LogP contribution >= 0.6 is 23.4 Å². The van der Waals surface area contributed by atoms with E-state index >= 15 is 0 Å². The first-order chi connectivity index (χ1) is 9.98. The van der Waals surface area contributed by atoms with Crippen LogP contribution in [0.5, 0.6) is 5.75 Å². The molecule has 1 heterocycles. The van der Waals surface area contributed by atoms with Crippen molar-refractivity contribution in [3.63, 3.8) is 0 Å². The fourth-order valence-electron chi connectivity index (χ4n) is 2.82. The highest BCUT2D eigenvalue weighted by molar-refractivity contribution is 8.00. The largest absolute Gasteiger partial charge is 0.496 e. The fourth-order valence-corrected chi connectivity index (χ4v) is 4.22. The summed E-state index contributed by atoms with van der Waals surface area (Å²) in [5.74, 6) is 1.95. The van der Waals surface area contributed by atoms with Crippen molar-refractivity contribution in [3.8, 4) is 5.75 Å². The van der Waals surface area contributed by atoms with E-state index in [0.29, 0.717) is 11.3 Å². The Bertz CT molecular complexity index is 481. The number of hydrogen-bond donors (Lipinski definition) is 1. The number of thioether (sulfide) groups is 1. The topological polar surface area (TPSA) is 38.5 Å². The van der Waals surface area contributed by atoms with E-state index in [4.69, 9.17) is 22.1 Å². The SMILES string of the molecule is COc1cccc(Cl)c1C(CN)N1CCSC(C)(C)CC1. The van der Waals surface area contributed by atoms with Crippen molar-refractivity contribution >= 4 is 23.4 Å². The van der Waals surface area contributed by atoms with E-state index in [1.165, 1.54) is 0 Å². The third kappa shape index (κ3) is 4.07. The number of hydrogen-bond acceptors (Lipinski definition) is 4. The monoisotopic (exact) mass is 328 g/mol. The highest BCUT2D eigenvalue weighted by Gasteiger charge is 2.29. The zero-order valence-electron chi connectivity index (χ0n) is 13.1. The average molecular weight is 329 g/mol. The van der Waals surface area contributed by atoms with Crippen LogP contribution in [-0.4, -0.2) is 42.1 Å². The molecule has 2 N–H and O–H groups in total. The number of benzene rings is 1. The number of ether oxygens (including phenoxy) is 1. The third-order valence-corrected chi connectivity index (χ3v) is 5.80. The van der Waals surface area contributed by atoms with Gasteiger partial charge in [0.15, 0.2) is 0 Å². The van der Waals surface area contributed by atoms with E-state index in [2.05, 4.69) is 18.7 Å². The van der Waals surface area contributed by atoms with Gasteiger partial charge in [-0.15, -0.1) is 0 Å². The molecule has 3 nitrogen and oxygen atoms in total. The maximum Gasteiger partial charge on any atom is 0.125 e. The predicted octanol–water partition coefficient (Wildman–Crippen LogP) is 3.57. The maximum absolute atomic E-state index is 6.43. The lowest BCUT2D eigenvalue weighted by atomic mass is 10.0. The molecule has 0 spiro atoms. The highest BCUT2D eigenvalue weighted by Crippen LogP contribution is 2.38. The van der Waals surface area contributed by atoms with Gasteiger partial charge in [0.1, 0.15) is 5.75 Å². The van der Waals surface area contributed by atoms with Crippen LogP contribution in [0.1, 0.15) is 31.9 Å². The van der Waals surface area contributed by atoms with E-state index in [-0.39, 0.29) is 6.04 Å². The summed E-state index contributed by atoms with van der Waals surface area (Å²) in [6.07, 6.45) is 1.15. The molecule has 1 saturated heterocycles. The quantitative estimate of drug-likeness (QED) is 0.917. The van der Waals surface area contributed by atoms with Crippen LogP contribution in [0, 0.1) is 0 Å². The van der Waals surface area contributed by atoms with Gasteiger partial charge in [0.2, 0.25) is 0 Å². The number of methoxy groups -OCH3 is 1. The minimum Gasteiger partial charge on any atom is -0.496 e. The van der Waals surface area contributed by atoms with Gasteiger partial charge < -0.3 is 10.5 Å². The smallest absolute Gasteiger partial charge is 0.125 e. The summed E-state index contributed by atoms with van der Waals surface area (Å²) < 4.78 is 5.83. The molecule has 1 aliphatic rings. The zero-order chi connectivity index (χ0) is 15.5. The molecule has 1 atom stereocenters. The third-order valence-electron chi connectivity index (χ3n) is 4.10. The summed E-state index contributed by atoms with van der Waals surface area (Å²) >= 11 is 8.47. The first kappa shape index (κ1) is 16.9. The molecular formula is C16H25ClN2OS. The van der Waals surface area contributed by atoms with Gasteiger partial charge in [-0.25, -0.2) is 0 Å². The Morgan fingerprint density at radius 3 is 2.86 bits per heavy atom. The summed E-state index contributed by atoms with van der Waals surface area (Å²) in [5.41, 5.74) is 7.11. The van der Waals surface area contributed by atoms with Gasteiger partial charge >= 0.3 is 0 Å². The van der Waals surface area contributed by atoms with Crippen molar-refractivity contribution < 1.29 is 4.74 Å². The molecule has 118 valence electrons. The Kier molecular flexibility index (Phi) is 5.83. The summed E-state index contributed by atoms with van der Waals surface area (Å²) in [7, 11) is 1.68. The Labute approximate surface area is 137 Å². The Balaban J connectivity index is 2.28. The molecule has 1 unspecified atom stereocenters. The Morgan fingerprint density at radius 2 is 2.19 bits per heavy atom. The molecule has 0 saturated carbocycles. The van der Waals surface area contributed by atoms with Crippen molar-refractivity contribution in [2.75, 3.05) is 32.5 Å². The minimum atomic E-state index is 0.114. The van der Waals surface area contributed by atoms with Gasteiger partial charge in [-0.05, 0) is 18.6 Å². The molecule has 1 aromatic carbocycles. The van der Waals surface area contributed by atoms with Gasteiger partial charge in [-0.1, -0.05) is 31.5 Å². The van der Waals surface area contributed by atoms with Gasteiger partial charge in [0.05, 0.1) is 13.2 Å². The van der Waals surface area contributed by atoms with Gasteiger partial charge in [-0.2, -0.15) is 11.8 Å². The van der Waals surface area contributed by atoms with Crippen molar-refractivity contribution in [1.82, 2.24) is 4.90 Å². The van der Waals surface area contributed by atoms with Crippen molar-refractivity contribution in [1.29, 1.82) is 0 Å². The molecule has 2 rings (SSSR count). The molecule has 1 fully saturated rings. The lowest BCUT2D eigenvalue weighted by Crippen LogP contribution is -2.36. The number of halogens is 1. The summed E-state index contributed by atoms with van der Waals surface area (Å²) in [6.45, 7) is 7.25. The van der Waals surface area contributed by atoms with E-state index in [9.17, 15) is 0 Å². The van der Waals surface area contributed by atoms with Crippen molar-refractivity contribution in [3.05, 3.63) is 28.8 Å². The normalized spacial score (nSPS) is 20.8. The number of nitrogens with zero attached hydrogens (tertiary/aromatic N) is 1. The maximum atomic E-state index is 6.43. The minimum absolute atomic E-state index is 0.114. The lowest BCUT2D eigenvalue weighted by molar-refractivity contribution is 0.207. The molecule has 1 aliphatic heterocycles. The van der Waals surface area contributed by atoms with E-state index in [1.54, 1.807) is 7.11 Å². The first-order valence-electron chi connectivity index (χ1n) is 7.39. The van der Waals surface area contributed by atoms with Crippen LogP contribution in [0.3, 0.4) is 0 Å². The first-order valence-corrected chi connectivity index (χ1v) is 8.75. The van der Waals surface area contributed by atoms with Gasteiger partial charge in [0.25, 0.3) is 0 Å². The molecule has 1 aromatic rings. The van der Waals surface area contributed by atoms with Crippen LogP contribution in [-0.2, 0) is 0 Å². The van der Waals surface area contributed by atoms with E-state index < -0.39 is 0 Å². The molecule has 0 radical (unpaired) electrons. The van der Waals surface area contributed by atoms with Crippen LogP contribution < -0.4 is 10.5 Å². The average Bonchev–Trinajstić information content (AvgIpc) is 2.63. The number of rotatable bonds is 4. The van der Waals surface area contributed by atoms with E-state index in [1.807, 2.05) is 30.0 Å². The van der Waals surface area contributed by atoms with Crippen LogP contribution in [0.2, 0.25) is 5.02 Å². The second-order valence-electron chi connectivity index (χ2n) is 6.00. The molecule has 0 bridgehead atoms. The highest BCUT2D eigenvalue weighted by atomic mass is 35.5. The summed E-state index contributed by atoms with van der Waals surface area (Å²) in [6, 6.07) is 5.90. The van der Waals surface area contributed by atoms with Gasteiger partial charge in [-0.3, -0.25) is 4.90 Å². The van der Waals surface area contributed by atoms with Crippen LogP contribution in [0.4, 0.5) is 0 Å². The van der Waals surface area contributed by atoms with E-state index in [0.717, 1.165) is 41.6 Å². The lowest BCUT2D eigenvalue weighted by Gasteiger charge is -2.31. The molecule has 0 aliphatic carbocycles. The summed E-state index contributed by atoms with van der Waals surface area (Å²) in [4.78, 5) is 2.45. The number of nitrogens with two attached hydrogens (primary N) is 1. The summed E-state index contributed by atoms with van der Waals surface area (Å²) in [5, 5.41) is 0.737. The van der Waals surface area contributed by atoms with Crippen molar-refractivity contribution in [2.24, 2.45) is 5.73 Å². The zero-order valence-corrected chi connectivity index (χ0v) is 14.6. The fraction of sp³-hybridized carbons (Fsp3) is 0.625. The molecule has 21 heavy (non-hydrogen) atoms. The molecule has 0 amide bonds.